The minimum Gasteiger partial charge on any atom is -0.437 e. The highest BCUT2D eigenvalue weighted by Gasteiger charge is 2.09. The summed E-state index contributed by atoms with van der Waals surface area (Å²) in [6, 6.07) is 9.23. The highest BCUT2D eigenvalue weighted by molar-refractivity contribution is 9.10. The van der Waals surface area contributed by atoms with Crippen molar-refractivity contribution in [1.82, 2.24) is 4.98 Å². The van der Waals surface area contributed by atoms with Crippen LogP contribution in [0, 0.1) is 6.92 Å². The van der Waals surface area contributed by atoms with Gasteiger partial charge in [-0.15, -0.1) is 0 Å². The summed E-state index contributed by atoms with van der Waals surface area (Å²) in [4.78, 5) is 4.33. The van der Waals surface area contributed by atoms with Crippen molar-refractivity contribution in [2.45, 2.75) is 13.5 Å². The largest absolute Gasteiger partial charge is 0.437 e. The van der Waals surface area contributed by atoms with Crippen molar-refractivity contribution >= 4 is 27.5 Å². The molecule has 2 aromatic rings. The lowest BCUT2D eigenvalue weighted by molar-refractivity contribution is 0.455. The number of pyridine rings is 1. The van der Waals surface area contributed by atoms with Gasteiger partial charge in [0.05, 0.1) is 5.02 Å². The lowest BCUT2D eigenvalue weighted by Crippen LogP contribution is -2.02. The van der Waals surface area contributed by atoms with E-state index in [2.05, 4.69) is 20.9 Å². The van der Waals surface area contributed by atoms with Gasteiger partial charge in [0.1, 0.15) is 5.75 Å². The lowest BCUT2D eigenvalue weighted by Gasteiger charge is -2.11. The van der Waals surface area contributed by atoms with E-state index in [0.29, 0.717) is 23.2 Å². The first kappa shape index (κ1) is 13.3. The SMILES string of the molecule is Cc1ccc(CN)c(Oc2ccc(Br)cc2Cl)n1. The number of halogens is 2. The third-order valence-corrected chi connectivity index (χ3v) is 3.19. The number of hydrogen-bond acceptors (Lipinski definition) is 3. The molecule has 5 heteroatoms. The summed E-state index contributed by atoms with van der Waals surface area (Å²) in [5.74, 6) is 1.06. The number of benzene rings is 1. The van der Waals surface area contributed by atoms with E-state index in [-0.39, 0.29) is 0 Å². The molecular weight excluding hydrogens is 316 g/mol. The first-order chi connectivity index (χ1) is 8.60. The highest BCUT2D eigenvalue weighted by Crippen LogP contribution is 2.32. The van der Waals surface area contributed by atoms with Crippen LogP contribution in [0.1, 0.15) is 11.3 Å². The normalized spacial score (nSPS) is 10.4. The van der Waals surface area contributed by atoms with Gasteiger partial charge in [0, 0.05) is 22.3 Å². The molecule has 2 N–H and O–H groups in total. The summed E-state index contributed by atoms with van der Waals surface area (Å²) in [7, 11) is 0. The molecule has 3 nitrogen and oxygen atoms in total. The molecular formula is C13H12BrClN2O. The molecule has 0 fully saturated rings. The molecule has 0 aliphatic carbocycles. The predicted molar refractivity (Wildman–Crippen MR) is 76.1 cm³/mol. The molecule has 94 valence electrons. The van der Waals surface area contributed by atoms with Crippen LogP contribution < -0.4 is 10.5 Å². The molecule has 0 radical (unpaired) electrons. The number of ether oxygens (including phenoxy) is 1. The zero-order valence-corrected chi connectivity index (χ0v) is 12.1. The van der Waals surface area contributed by atoms with Crippen molar-refractivity contribution in [2.24, 2.45) is 5.73 Å². The Kier molecular flexibility index (Phi) is 4.22. The molecule has 0 aliphatic heterocycles. The van der Waals surface area contributed by atoms with Crippen LogP contribution in [0.5, 0.6) is 11.6 Å². The Labute approximate surface area is 119 Å². The second-order valence-electron chi connectivity index (χ2n) is 3.80. The van der Waals surface area contributed by atoms with Crippen LogP contribution in [0.2, 0.25) is 5.02 Å². The Morgan fingerprint density at radius 3 is 2.78 bits per heavy atom. The molecule has 0 saturated heterocycles. The van der Waals surface area contributed by atoms with Crippen LogP contribution in [0.4, 0.5) is 0 Å². The van der Waals surface area contributed by atoms with Crippen LogP contribution in [0.25, 0.3) is 0 Å². The van der Waals surface area contributed by atoms with Crippen molar-refractivity contribution in [1.29, 1.82) is 0 Å². The third kappa shape index (κ3) is 3.02. The van der Waals surface area contributed by atoms with Gasteiger partial charge in [-0.05, 0) is 31.2 Å². The quantitative estimate of drug-likeness (QED) is 0.925. The number of rotatable bonds is 3. The molecule has 1 aromatic carbocycles. The monoisotopic (exact) mass is 326 g/mol. The summed E-state index contributed by atoms with van der Waals surface area (Å²) in [6.45, 7) is 2.27. The number of aryl methyl sites for hydroxylation is 1. The zero-order valence-electron chi connectivity index (χ0n) is 9.78. The summed E-state index contributed by atoms with van der Waals surface area (Å²) in [5, 5.41) is 0.524. The fourth-order valence-corrected chi connectivity index (χ4v) is 2.18. The van der Waals surface area contributed by atoms with E-state index < -0.39 is 0 Å². The van der Waals surface area contributed by atoms with Crippen molar-refractivity contribution in [3.05, 3.63) is 51.1 Å². The van der Waals surface area contributed by atoms with E-state index in [1.807, 2.05) is 25.1 Å². The van der Waals surface area contributed by atoms with Crippen LogP contribution in [-0.2, 0) is 6.54 Å². The molecule has 0 bridgehead atoms. The van der Waals surface area contributed by atoms with E-state index in [1.54, 1.807) is 12.1 Å². The first-order valence-electron chi connectivity index (χ1n) is 5.39. The second-order valence-corrected chi connectivity index (χ2v) is 5.12. The summed E-state index contributed by atoms with van der Waals surface area (Å²) >= 11 is 9.45. The standard InChI is InChI=1S/C13H12BrClN2O/c1-8-2-3-9(7-16)13(17-8)18-12-5-4-10(14)6-11(12)15/h2-6H,7,16H2,1H3. The Morgan fingerprint density at radius 2 is 2.11 bits per heavy atom. The fourth-order valence-electron chi connectivity index (χ4n) is 1.47. The van der Waals surface area contributed by atoms with Gasteiger partial charge < -0.3 is 10.5 Å². The van der Waals surface area contributed by atoms with Gasteiger partial charge in [0.15, 0.2) is 0 Å². The average Bonchev–Trinajstić information content (AvgIpc) is 2.33. The topological polar surface area (TPSA) is 48.1 Å². The summed E-state index contributed by atoms with van der Waals surface area (Å²) < 4.78 is 6.62. The lowest BCUT2D eigenvalue weighted by atomic mass is 10.2. The molecule has 0 amide bonds. The van der Waals surface area contributed by atoms with Crippen molar-refractivity contribution in [3.8, 4) is 11.6 Å². The number of nitrogens with two attached hydrogens (primary N) is 1. The Bertz CT molecular complexity index is 575. The average molecular weight is 328 g/mol. The van der Waals surface area contributed by atoms with Crippen LogP contribution in [0.3, 0.4) is 0 Å². The third-order valence-electron chi connectivity index (χ3n) is 2.40. The van der Waals surface area contributed by atoms with Crippen molar-refractivity contribution in [3.63, 3.8) is 0 Å². The maximum atomic E-state index is 6.10. The van der Waals surface area contributed by atoms with E-state index in [1.165, 1.54) is 0 Å². The summed E-state index contributed by atoms with van der Waals surface area (Å²) in [5.41, 5.74) is 7.37. The van der Waals surface area contributed by atoms with Gasteiger partial charge in [-0.25, -0.2) is 4.98 Å². The van der Waals surface area contributed by atoms with E-state index in [4.69, 9.17) is 22.1 Å². The van der Waals surface area contributed by atoms with Crippen molar-refractivity contribution < 1.29 is 4.74 Å². The van der Waals surface area contributed by atoms with Crippen LogP contribution >= 0.6 is 27.5 Å². The van der Waals surface area contributed by atoms with Crippen LogP contribution in [0.15, 0.2) is 34.8 Å². The predicted octanol–water partition coefficient (Wildman–Crippen LogP) is 4.06. The number of hydrogen-bond donors (Lipinski definition) is 1. The maximum Gasteiger partial charge on any atom is 0.224 e. The maximum absolute atomic E-state index is 6.10. The smallest absolute Gasteiger partial charge is 0.224 e. The van der Waals surface area contributed by atoms with Gasteiger partial charge in [-0.1, -0.05) is 33.6 Å². The fraction of sp³-hybridized carbons (Fsp3) is 0.154. The van der Waals surface area contributed by atoms with E-state index in [0.717, 1.165) is 15.7 Å². The Balaban J connectivity index is 2.36. The number of nitrogens with zero attached hydrogens (tertiary/aromatic N) is 1. The number of aromatic nitrogens is 1. The van der Waals surface area contributed by atoms with E-state index >= 15 is 0 Å². The van der Waals surface area contributed by atoms with Gasteiger partial charge in [0.25, 0.3) is 0 Å². The Hall–Kier alpha value is -1.10. The Morgan fingerprint density at radius 1 is 1.33 bits per heavy atom. The molecule has 0 aliphatic rings. The highest BCUT2D eigenvalue weighted by atomic mass is 79.9. The molecule has 0 spiro atoms. The molecule has 1 heterocycles. The first-order valence-corrected chi connectivity index (χ1v) is 6.56. The minimum atomic E-state index is 0.372. The molecule has 0 unspecified atom stereocenters. The molecule has 1 aromatic heterocycles. The van der Waals surface area contributed by atoms with Crippen molar-refractivity contribution in [2.75, 3.05) is 0 Å². The minimum absolute atomic E-state index is 0.372. The van der Waals surface area contributed by atoms with Gasteiger partial charge in [-0.2, -0.15) is 0 Å². The van der Waals surface area contributed by atoms with Crippen LogP contribution in [-0.4, -0.2) is 4.98 Å². The molecule has 0 saturated carbocycles. The van der Waals surface area contributed by atoms with Gasteiger partial charge >= 0.3 is 0 Å². The van der Waals surface area contributed by atoms with Gasteiger partial charge in [0.2, 0.25) is 5.88 Å². The van der Waals surface area contributed by atoms with E-state index in [9.17, 15) is 0 Å². The molecule has 18 heavy (non-hydrogen) atoms. The zero-order chi connectivity index (χ0) is 13.1. The second kappa shape index (κ2) is 5.69. The van der Waals surface area contributed by atoms with Gasteiger partial charge in [-0.3, -0.25) is 0 Å². The molecule has 2 rings (SSSR count). The molecule has 0 atom stereocenters. The summed E-state index contributed by atoms with van der Waals surface area (Å²) in [6.07, 6.45) is 0.